The molecule has 0 spiro atoms. The number of benzene rings is 3. The highest BCUT2D eigenvalue weighted by Gasteiger charge is 2.64. The fourth-order valence-corrected chi connectivity index (χ4v) is 5.82. The van der Waals surface area contributed by atoms with E-state index in [9.17, 15) is 19.2 Å². The van der Waals surface area contributed by atoms with Gasteiger partial charge in [-0.15, -0.1) is 0 Å². The molecule has 7 heteroatoms. The van der Waals surface area contributed by atoms with Crippen LogP contribution in [-0.4, -0.2) is 35.5 Å². The molecular weight excluding hydrogens is 476 g/mol. The third-order valence-corrected chi connectivity index (χ3v) is 7.60. The molecule has 0 unspecified atom stereocenters. The van der Waals surface area contributed by atoms with Gasteiger partial charge in [-0.2, -0.15) is 0 Å². The van der Waals surface area contributed by atoms with Crippen LogP contribution in [0.25, 0.3) is 6.08 Å². The molecule has 3 aliphatic heterocycles. The molecule has 4 atom stereocenters. The monoisotopic (exact) mass is 496 g/mol. The number of nitrogens with zero attached hydrogens (tertiary/aromatic N) is 2. The maximum atomic E-state index is 14.0. The van der Waals surface area contributed by atoms with E-state index in [0.717, 1.165) is 11.3 Å². The summed E-state index contributed by atoms with van der Waals surface area (Å²) in [6.07, 6.45) is 3.87. The van der Waals surface area contributed by atoms with Crippen molar-refractivity contribution >= 4 is 52.4 Å². The molecule has 3 aromatic rings. The summed E-state index contributed by atoms with van der Waals surface area (Å²) in [6.45, 7) is 1.46. The zero-order chi connectivity index (χ0) is 25.1. The summed E-state index contributed by atoms with van der Waals surface area (Å²) in [6, 6.07) is 19.4. The number of fused-ring (bicyclic) bond motifs is 5. The quantitative estimate of drug-likeness (QED) is 0.382. The summed E-state index contributed by atoms with van der Waals surface area (Å²) >= 11 is 6.05. The van der Waals surface area contributed by atoms with E-state index in [-0.39, 0.29) is 17.5 Å². The minimum Gasteiger partial charge on any atom is -0.352 e. The smallest absolute Gasteiger partial charge is 0.240 e. The van der Waals surface area contributed by atoms with Crippen LogP contribution in [0, 0.1) is 11.8 Å². The third-order valence-electron chi connectivity index (χ3n) is 7.34. The second-order valence-electron chi connectivity index (χ2n) is 9.30. The first-order valence-electron chi connectivity index (χ1n) is 11.7. The Morgan fingerprint density at radius 3 is 2.14 bits per heavy atom. The van der Waals surface area contributed by atoms with Crippen molar-refractivity contribution in [3.05, 3.63) is 101 Å². The van der Waals surface area contributed by atoms with E-state index in [1.165, 1.54) is 11.8 Å². The number of carbonyl (C=O) groups is 4. The molecule has 36 heavy (non-hydrogen) atoms. The fourth-order valence-electron chi connectivity index (χ4n) is 5.70. The van der Waals surface area contributed by atoms with Crippen molar-refractivity contribution in [2.24, 2.45) is 11.8 Å². The Kier molecular flexibility index (Phi) is 5.16. The predicted octanol–water partition coefficient (Wildman–Crippen LogP) is 4.82. The molecule has 3 heterocycles. The number of rotatable bonds is 4. The molecule has 0 saturated carbocycles. The molecule has 0 radical (unpaired) electrons. The van der Waals surface area contributed by atoms with E-state index >= 15 is 0 Å². The number of anilines is 2. The first kappa shape index (κ1) is 22.4. The van der Waals surface area contributed by atoms with Crippen LogP contribution in [0.2, 0.25) is 5.02 Å². The zero-order valence-electron chi connectivity index (χ0n) is 19.3. The highest BCUT2D eigenvalue weighted by atomic mass is 35.5. The minimum absolute atomic E-state index is 0.104. The van der Waals surface area contributed by atoms with Gasteiger partial charge in [0.05, 0.1) is 23.6 Å². The standard InChI is InChI=1S/C29H21ClN2O4/c1-16(33)17-8-13-21(14-9-17)31-28(35)24-23-15-10-18-4-2-3-5-22(18)32(23)26(25(24)29(31)36)27(34)19-6-11-20(30)12-7-19/h2-15,23-26H,1H3/t23-,24+,25+,26-/m1/s1. The number of Topliss-reactive ketones (excluding diaryl/α,β-unsaturated/α-hetero) is 2. The lowest BCUT2D eigenvalue weighted by molar-refractivity contribution is -0.122. The highest BCUT2D eigenvalue weighted by Crippen LogP contribution is 2.49. The molecule has 3 aromatic carbocycles. The average molecular weight is 497 g/mol. The maximum Gasteiger partial charge on any atom is 0.240 e. The molecule has 2 saturated heterocycles. The van der Waals surface area contributed by atoms with Crippen LogP contribution in [0.15, 0.2) is 78.9 Å². The predicted molar refractivity (Wildman–Crippen MR) is 137 cm³/mol. The number of para-hydroxylation sites is 1. The van der Waals surface area contributed by atoms with Crippen molar-refractivity contribution in [2.45, 2.75) is 19.0 Å². The lowest BCUT2D eigenvalue weighted by Gasteiger charge is -2.36. The molecule has 178 valence electrons. The van der Waals surface area contributed by atoms with Gasteiger partial charge in [0.15, 0.2) is 11.6 Å². The molecule has 0 N–H and O–H groups in total. The van der Waals surface area contributed by atoms with Gasteiger partial charge in [-0.1, -0.05) is 42.0 Å². The molecule has 6 nitrogen and oxygen atoms in total. The highest BCUT2D eigenvalue weighted by molar-refractivity contribution is 6.30. The SMILES string of the molecule is CC(=O)c1ccc(N2C(=O)[C@@H]3[C@H](C2=O)[C@H](C(=O)c2ccc(Cl)cc2)N2c4ccccc4C=C[C@H]32)cc1. The Morgan fingerprint density at radius 1 is 0.806 bits per heavy atom. The summed E-state index contributed by atoms with van der Waals surface area (Å²) < 4.78 is 0. The van der Waals surface area contributed by atoms with E-state index in [1.54, 1.807) is 48.5 Å². The Morgan fingerprint density at radius 2 is 1.44 bits per heavy atom. The number of amides is 2. The summed E-state index contributed by atoms with van der Waals surface area (Å²) in [5.41, 5.74) is 3.07. The van der Waals surface area contributed by atoms with Crippen molar-refractivity contribution < 1.29 is 19.2 Å². The van der Waals surface area contributed by atoms with Gasteiger partial charge in [0.2, 0.25) is 11.8 Å². The number of ketones is 2. The Labute approximate surface area is 212 Å². The molecular formula is C29H21ClN2O4. The zero-order valence-corrected chi connectivity index (χ0v) is 20.1. The summed E-state index contributed by atoms with van der Waals surface area (Å²) in [4.78, 5) is 56.4. The van der Waals surface area contributed by atoms with Crippen LogP contribution in [0.5, 0.6) is 0 Å². The topological polar surface area (TPSA) is 74.8 Å². The number of halogens is 1. The van der Waals surface area contributed by atoms with Crippen LogP contribution < -0.4 is 9.80 Å². The van der Waals surface area contributed by atoms with E-state index in [2.05, 4.69) is 0 Å². The van der Waals surface area contributed by atoms with Crippen LogP contribution >= 0.6 is 11.6 Å². The maximum absolute atomic E-state index is 14.0. The van der Waals surface area contributed by atoms with Crippen molar-refractivity contribution in [3.63, 3.8) is 0 Å². The van der Waals surface area contributed by atoms with Gasteiger partial charge in [-0.05, 0) is 67.1 Å². The van der Waals surface area contributed by atoms with Gasteiger partial charge in [0, 0.05) is 21.8 Å². The number of imide groups is 1. The van der Waals surface area contributed by atoms with Gasteiger partial charge in [-0.25, -0.2) is 4.90 Å². The number of carbonyl (C=O) groups excluding carboxylic acids is 4. The van der Waals surface area contributed by atoms with E-state index in [0.29, 0.717) is 21.8 Å². The van der Waals surface area contributed by atoms with Gasteiger partial charge in [-0.3, -0.25) is 19.2 Å². The normalized spacial score (nSPS) is 23.9. The Hall–Kier alpha value is -4.03. The molecule has 0 aromatic heterocycles. The summed E-state index contributed by atoms with van der Waals surface area (Å²) in [7, 11) is 0. The van der Waals surface area contributed by atoms with Crippen LogP contribution in [0.3, 0.4) is 0 Å². The van der Waals surface area contributed by atoms with Crippen LogP contribution in [0.4, 0.5) is 11.4 Å². The second kappa shape index (κ2) is 8.28. The number of hydrogen-bond acceptors (Lipinski definition) is 5. The lowest BCUT2D eigenvalue weighted by Crippen LogP contribution is -2.48. The fraction of sp³-hybridized carbons (Fsp3) is 0.172. The third kappa shape index (κ3) is 3.25. The summed E-state index contributed by atoms with van der Waals surface area (Å²) in [5, 5.41) is 0.507. The van der Waals surface area contributed by atoms with E-state index in [4.69, 9.17) is 11.6 Å². The van der Waals surface area contributed by atoms with Crippen LogP contribution in [0.1, 0.15) is 33.2 Å². The van der Waals surface area contributed by atoms with Gasteiger partial charge in [0.25, 0.3) is 0 Å². The first-order chi connectivity index (χ1) is 17.4. The molecule has 3 aliphatic rings. The van der Waals surface area contributed by atoms with E-state index in [1.807, 2.05) is 41.3 Å². The van der Waals surface area contributed by atoms with Crippen molar-refractivity contribution in [1.82, 2.24) is 0 Å². The molecule has 2 fully saturated rings. The number of hydrogen-bond donors (Lipinski definition) is 0. The molecule has 6 rings (SSSR count). The molecule has 2 amide bonds. The Balaban J connectivity index is 1.46. The van der Waals surface area contributed by atoms with Gasteiger partial charge < -0.3 is 4.90 Å². The second-order valence-corrected chi connectivity index (χ2v) is 9.73. The largest absolute Gasteiger partial charge is 0.352 e. The van der Waals surface area contributed by atoms with E-state index < -0.39 is 29.8 Å². The molecule has 0 aliphatic carbocycles. The first-order valence-corrected chi connectivity index (χ1v) is 12.1. The van der Waals surface area contributed by atoms with Crippen LogP contribution in [-0.2, 0) is 9.59 Å². The van der Waals surface area contributed by atoms with Gasteiger partial charge in [0.1, 0.15) is 6.04 Å². The van der Waals surface area contributed by atoms with Gasteiger partial charge >= 0.3 is 0 Å². The minimum atomic E-state index is -0.856. The van der Waals surface area contributed by atoms with Crippen molar-refractivity contribution in [3.8, 4) is 0 Å². The average Bonchev–Trinajstić information content (AvgIpc) is 3.37. The Bertz CT molecular complexity index is 1460. The van der Waals surface area contributed by atoms with Crippen molar-refractivity contribution in [1.29, 1.82) is 0 Å². The summed E-state index contributed by atoms with van der Waals surface area (Å²) in [5.74, 6) is -2.65. The van der Waals surface area contributed by atoms with Crippen molar-refractivity contribution in [2.75, 3.05) is 9.80 Å². The molecule has 0 bridgehead atoms. The lowest BCUT2D eigenvalue weighted by atomic mass is 9.86.